The molecule has 0 aromatic carbocycles. The minimum Gasteiger partial charge on any atom is -0.481 e. The normalized spacial score (nSPS) is 41.5. The molecule has 0 aromatic rings. The first-order valence-electron chi connectivity index (χ1n) is 3.97. The lowest BCUT2D eigenvalue weighted by atomic mass is 10.00. The van der Waals surface area contributed by atoms with Gasteiger partial charge in [-0.25, -0.2) is 0 Å². The first-order chi connectivity index (χ1) is 5.22. The van der Waals surface area contributed by atoms with E-state index in [0.717, 1.165) is 12.8 Å². The van der Waals surface area contributed by atoms with Crippen molar-refractivity contribution in [1.29, 1.82) is 0 Å². The van der Waals surface area contributed by atoms with Crippen molar-refractivity contribution in [2.24, 2.45) is 17.8 Å². The Morgan fingerprint density at radius 3 is 2.82 bits per heavy atom. The van der Waals surface area contributed by atoms with Crippen molar-refractivity contribution >= 4 is 11.8 Å². The fourth-order valence-electron chi connectivity index (χ4n) is 2.19. The molecule has 0 bridgehead atoms. The zero-order valence-electron chi connectivity index (χ0n) is 6.12. The zero-order valence-corrected chi connectivity index (χ0v) is 6.12. The fraction of sp³-hybridized carbons (Fsp3) is 0.750. The van der Waals surface area contributed by atoms with Crippen molar-refractivity contribution in [3.8, 4) is 0 Å². The predicted molar refractivity (Wildman–Crippen MR) is 37.0 cm³/mol. The highest BCUT2D eigenvalue weighted by atomic mass is 16.4. The quantitative estimate of drug-likeness (QED) is 0.604. The molecule has 0 heterocycles. The summed E-state index contributed by atoms with van der Waals surface area (Å²) in [6, 6.07) is 0. The number of rotatable bonds is 1. The average molecular weight is 154 g/mol. The summed E-state index contributed by atoms with van der Waals surface area (Å²) in [7, 11) is 0. The van der Waals surface area contributed by atoms with Gasteiger partial charge in [0.25, 0.3) is 0 Å². The van der Waals surface area contributed by atoms with Gasteiger partial charge in [-0.3, -0.25) is 9.59 Å². The van der Waals surface area contributed by atoms with Gasteiger partial charge in [-0.1, -0.05) is 0 Å². The third kappa shape index (κ3) is 0.870. The Hall–Kier alpha value is -0.860. The van der Waals surface area contributed by atoms with E-state index in [0.29, 0.717) is 6.42 Å². The topological polar surface area (TPSA) is 54.4 Å². The fourth-order valence-corrected chi connectivity index (χ4v) is 2.19. The molecule has 0 saturated heterocycles. The minimum absolute atomic E-state index is 0.110. The second-order valence-corrected chi connectivity index (χ2v) is 3.41. The maximum absolute atomic E-state index is 11.1. The van der Waals surface area contributed by atoms with Gasteiger partial charge in [0.1, 0.15) is 5.78 Å². The Morgan fingerprint density at radius 1 is 1.55 bits per heavy atom. The molecule has 2 fully saturated rings. The summed E-state index contributed by atoms with van der Waals surface area (Å²) >= 11 is 0. The van der Waals surface area contributed by atoms with Crippen LogP contribution in [0.25, 0.3) is 0 Å². The van der Waals surface area contributed by atoms with Gasteiger partial charge >= 0.3 is 5.97 Å². The van der Waals surface area contributed by atoms with Gasteiger partial charge in [0.2, 0.25) is 0 Å². The largest absolute Gasteiger partial charge is 0.481 e. The molecule has 11 heavy (non-hydrogen) atoms. The third-order valence-corrected chi connectivity index (χ3v) is 2.79. The number of carbonyl (C=O) groups is 2. The number of hydrogen-bond donors (Lipinski definition) is 1. The van der Waals surface area contributed by atoms with Gasteiger partial charge < -0.3 is 5.11 Å². The summed E-state index contributed by atoms with van der Waals surface area (Å²) in [5.74, 6) is -0.857. The van der Waals surface area contributed by atoms with Crippen LogP contribution in [0.5, 0.6) is 0 Å². The van der Waals surface area contributed by atoms with Gasteiger partial charge in [0.15, 0.2) is 0 Å². The van der Waals surface area contributed by atoms with E-state index in [4.69, 9.17) is 5.11 Å². The van der Waals surface area contributed by atoms with Crippen LogP contribution in [0.2, 0.25) is 0 Å². The molecular weight excluding hydrogens is 144 g/mol. The lowest BCUT2D eigenvalue weighted by molar-refractivity contribution is -0.140. The first kappa shape index (κ1) is 6.83. The highest BCUT2D eigenvalue weighted by molar-refractivity contribution is 5.92. The van der Waals surface area contributed by atoms with Gasteiger partial charge in [0.05, 0.1) is 5.92 Å². The summed E-state index contributed by atoms with van der Waals surface area (Å²) in [6.07, 6.45) is 2.43. The van der Waals surface area contributed by atoms with Crippen molar-refractivity contribution in [3.05, 3.63) is 0 Å². The number of aliphatic carboxylic acids is 1. The predicted octanol–water partition coefficient (Wildman–Crippen LogP) is 0.686. The molecule has 3 atom stereocenters. The van der Waals surface area contributed by atoms with E-state index in [2.05, 4.69) is 0 Å². The number of carboxylic acid groups (broad SMARTS) is 1. The molecule has 0 amide bonds. The Labute approximate surface area is 64.4 Å². The molecule has 0 aromatic heterocycles. The number of carboxylic acids is 1. The molecule has 3 nitrogen and oxygen atoms in total. The van der Waals surface area contributed by atoms with Crippen LogP contribution in [-0.2, 0) is 9.59 Å². The lowest BCUT2D eigenvalue weighted by Crippen LogP contribution is -2.08. The van der Waals surface area contributed by atoms with Crippen LogP contribution in [0.4, 0.5) is 0 Å². The smallest absolute Gasteiger partial charge is 0.307 e. The molecule has 2 aliphatic rings. The highest BCUT2D eigenvalue weighted by Gasteiger charge is 2.59. The monoisotopic (exact) mass is 154 g/mol. The van der Waals surface area contributed by atoms with Gasteiger partial charge in [-0.2, -0.15) is 0 Å². The van der Waals surface area contributed by atoms with Crippen molar-refractivity contribution in [2.75, 3.05) is 0 Å². The molecule has 2 aliphatic carbocycles. The van der Waals surface area contributed by atoms with Crippen LogP contribution in [0.1, 0.15) is 19.3 Å². The van der Waals surface area contributed by atoms with Crippen LogP contribution >= 0.6 is 0 Å². The van der Waals surface area contributed by atoms with E-state index in [1.54, 1.807) is 0 Å². The summed E-state index contributed by atoms with van der Waals surface area (Å²) < 4.78 is 0. The van der Waals surface area contributed by atoms with Gasteiger partial charge in [0, 0.05) is 12.3 Å². The average Bonchev–Trinajstić information content (AvgIpc) is 2.62. The van der Waals surface area contributed by atoms with Crippen molar-refractivity contribution in [2.45, 2.75) is 19.3 Å². The molecule has 3 heteroatoms. The minimum atomic E-state index is -0.782. The molecule has 2 saturated carbocycles. The Kier molecular flexibility index (Phi) is 1.28. The van der Waals surface area contributed by atoms with E-state index in [9.17, 15) is 9.59 Å². The molecule has 0 spiro atoms. The Morgan fingerprint density at radius 2 is 2.27 bits per heavy atom. The van der Waals surface area contributed by atoms with Crippen LogP contribution in [0, 0.1) is 17.8 Å². The Bertz CT molecular complexity index is 217. The van der Waals surface area contributed by atoms with Gasteiger partial charge in [-0.15, -0.1) is 0 Å². The van der Waals surface area contributed by atoms with E-state index < -0.39 is 5.97 Å². The lowest BCUT2D eigenvalue weighted by Gasteiger charge is -2.04. The number of ketones is 1. The van der Waals surface area contributed by atoms with Crippen molar-refractivity contribution in [3.63, 3.8) is 0 Å². The number of carbonyl (C=O) groups excluding carboxylic acids is 1. The molecule has 0 radical (unpaired) electrons. The summed E-state index contributed by atoms with van der Waals surface area (Å²) in [5, 5.41) is 8.65. The van der Waals surface area contributed by atoms with Crippen molar-refractivity contribution in [1.82, 2.24) is 0 Å². The standard InChI is InChI=1S/C8H10O3/c9-5-3-1-2-4-6(5)7(4)8(10)11/h4,6-7H,1-3H2,(H,10,11)/t4-,6-,7-/m0/s1. The number of Topliss-reactive ketones (excluding diaryl/α,β-unsaturated/α-hetero) is 1. The van der Waals surface area contributed by atoms with Crippen LogP contribution in [-0.4, -0.2) is 16.9 Å². The second kappa shape index (κ2) is 2.06. The third-order valence-electron chi connectivity index (χ3n) is 2.79. The van der Waals surface area contributed by atoms with E-state index in [-0.39, 0.29) is 23.5 Å². The summed E-state index contributed by atoms with van der Waals surface area (Å²) in [4.78, 5) is 21.6. The summed E-state index contributed by atoms with van der Waals surface area (Å²) in [6.45, 7) is 0. The zero-order chi connectivity index (χ0) is 8.01. The van der Waals surface area contributed by atoms with Crippen LogP contribution in [0.3, 0.4) is 0 Å². The molecule has 0 unspecified atom stereocenters. The molecular formula is C8H10O3. The van der Waals surface area contributed by atoms with E-state index >= 15 is 0 Å². The van der Waals surface area contributed by atoms with Gasteiger partial charge in [-0.05, 0) is 18.8 Å². The van der Waals surface area contributed by atoms with Crippen molar-refractivity contribution < 1.29 is 14.7 Å². The van der Waals surface area contributed by atoms with E-state index in [1.165, 1.54) is 0 Å². The maximum atomic E-state index is 11.1. The summed E-state index contributed by atoms with van der Waals surface area (Å²) in [5.41, 5.74) is 0. The second-order valence-electron chi connectivity index (χ2n) is 3.41. The Balaban J connectivity index is 2.10. The van der Waals surface area contributed by atoms with E-state index in [1.807, 2.05) is 0 Å². The first-order valence-corrected chi connectivity index (χ1v) is 3.97. The SMILES string of the molecule is O=C1CCC[C@H]2[C@@H]1[C@H]2C(=O)O. The molecule has 60 valence electrons. The van der Waals surface area contributed by atoms with Crippen LogP contribution < -0.4 is 0 Å². The highest BCUT2D eigenvalue weighted by Crippen LogP contribution is 2.53. The molecule has 1 N–H and O–H groups in total. The molecule has 2 rings (SSSR count). The number of hydrogen-bond acceptors (Lipinski definition) is 2. The van der Waals surface area contributed by atoms with Crippen LogP contribution in [0.15, 0.2) is 0 Å². The maximum Gasteiger partial charge on any atom is 0.307 e. The molecule has 0 aliphatic heterocycles. The number of fused-ring (bicyclic) bond motifs is 1.